The van der Waals surface area contributed by atoms with Crippen LogP contribution < -0.4 is 0 Å². The molecule has 0 unspecified atom stereocenters. The molecule has 0 saturated heterocycles. The molecule has 0 saturated carbocycles. The Balaban J connectivity index is 0. The molecule has 0 radical (unpaired) electrons. The molecule has 0 spiro atoms. The molecule has 0 aromatic heterocycles. The summed E-state index contributed by atoms with van der Waals surface area (Å²) in [5.74, 6) is -1.37. The van der Waals surface area contributed by atoms with Crippen molar-refractivity contribution in [1.82, 2.24) is 0 Å². The first-order chi connectivity index (χ1) is 3.13. The summed E-state index contributed by atoms with van der Waals surface area (Å²) in [6.07, 6.45) is -0.361. The van der Waals surface area contributed by atoms with Crippen molar-refractivity contribution >= 4 is 24.2 Å². The van der Waals surface area contributed by atoms with E-state index in [9.17, 15) is 9.59 Å². The highest BCUT2D eigenvalue weighted by Crippen LogP contribution is 1.77. The lowest BCUT2D eigenvalue weighted by molar-refractivity contribution is -0.139. The Kier molecular flexibility index (Phi) is 5.97. The standard InChI is InChI=1S/C4H6O3.ClH/c1-3(5)2-4(6)7;/h2H2,1H3,(H,6,7);1H. The van der Waals surface area contributed by atoms with Crippen LogP contribution in [0.4, 0.5) is 0 Å². The molecule has 3 nitrogen and oxygen atoms in total. The van der Waals surface area contributed by atoms with Gasteiger partial charge in [-0.2, -0.15) is 0 Å². The molecule has 0 aromatic carbocycles. The van der Waals surface area contributed by atoms with E-state index in [0.29, 0.717) is 0 Å². The van der Waals surface area contributed by atoms with E-state index in [0.717, 1.165) is 0 Å². The van der Waals surface area contributed by atoms with Crippen molar-refractivity contribution in [2.45, 2.75) is 13.3 Å². The smallest absolute Gasteiger partial charge is 0.310 e. The highest BCUT2D eigenvalue weighted by atomic mass is 35.5. The van der Waals surface area contributed by atoms with Crippen LogP contribution in [0.1, 0.15) is 13.3 Å². The minimum atomic E-state index is -1.06. The van der Waals surface area contributed by atoms with Crippen molar-refractivity contribution in [2.75, 3.05) is 0 Å². The molecule has 1 N–H and O–H groups in total. The maximum atomic E-state index is 9.87. The summed E-state index contributed by atoms with van der Waals surface area (Å²) in [6, 6.07) is 0. The summed E-state index contributed by atoms with van der Waals surface area (Å²) < 4.78 is 0. The lowest BCUT2D eigenvalue weighted by atomic mass is 10.3. The highest BCUT2D eigenvalue weighted by Gasteiger charge is 1.98. The molecule has 8 heavy (non-hydrogen) atoms. The molecule has 0 amide bonds. The van der Waals surface area contributed by atoms with Gasteiger partial charge >= 0.3 is 5.97 Å². The van der Waals surface area contributed by atoms with Gasteiger partial charge in [0, 0.05) is 0 Å². The second-order valence-electron chi connectivity index (χ2n) is 1.27. The minimum absolute atomic E-state index is 0. The van der Waals surface area contributed by atoms with Crippen LogP contribution in [0.5, 0.6) is 0 Å². The number of aliphatic carboxylic acids is 1. The van der Waals surface area contributed by atoms with Crippen molar-refractivity contribution in [3.8, 4) is 0 Å². The molecule has 0 aliphatic heterocycles. The Morgan fingerprint density at radius 3 is 1.88 bits per heavy atom. The van der Waals surface area contributed by atoms with Gasteiger partial charge < -0.3 is 5.11 Å². The molecule has 0 heterocycles. The van der Waals surface area contributed by atoms with E-state index in [4.69, 9.17) is 5.11 Å². The molecule has 0 aromatic rings. The van der Waals surface area contributed by atoms with Crippen LogP contribution in [0.2, 0.25) is 0 Å². The fourth-order valence-electron chi connectivity index (χ4n) is 0.213. The van der Waals surface area contributed by atoms with E-state index >= 15 is 0 Å². The van der Waals surface area contributed by atoms with Crippen LogP contribution in [0.15, 0.2) is 0 Å². The van der Waals surface area contributed by atoms with E-state index in [-0.39, 0.29) is 24.6 Å². The molecule has 0 atom stereocenters. The van der Waals surface area contributed by atoms with Gasteiger partial charge in [0.2, 0.25) is 0 Å². The van der Waals surface area contributed by atoms with Gasteiger partial charge in [-0.25, -0.2) is 0 Å². The maximum absolute atomic E-state index is 9.87. The summed E-state index contributed by atoms with van der Waals surface area (Å²) >= 11 is 0. The van der Waals surface area contributed by atoms with Gasteiger partial charge in [-0.15, -0.1) is 12.4 Å². The first kappa shape index (κ1) is 10.4. The fraction of sp³-hybridized carbons (Fsp3) is 0.500. The second-order valence-corrected chi connectivity index (χ2v) is 1.27. The monoisotopic (exact) mass is 138 g/mol. The Labute approximate surface area is 53.1 Å². The molecule has 0 fully saturated rings. The predicted molar refractivity (Wildman–Crippen MR) is 30.2 cm³/mol. The minimum Gasteiger partial charge on any atom is -0.481 e. The van der Waals surface area contributed by atoms with Gasteiger partial charge in [0.05, 0.1) is 0 Å². The molecular weight excluding hydrogens is 131 g/mol. The summed E-state index contributed by atoms with van der Waals surface area (Å²) in [5.41, 5.74) is 0. The summed E-state index contributed by atoms with van der Waals surface area (Å²) in [5, 5.41) is 7.86. The summed E-state index contributed by atoms with van der Waals surface area (Å²) in [6.45, 7) is 1.24. The average Bonchev–Trinajstić information content (AvgIpc) is 1.27. The quantitative estimate of drug-likeness (QED) is 0.565. The number of hydrogen-bond donors (Lipinski definition) is 1. The zero-order valence-corrected chi connectivity index (χ0v) is 5.20. The number of halogens is 1. The lowest BCUT2D eigenvalue weighted by Gasteiger charge is -1.80. The van der Waals surface area contributed by atoms with Gasteiger partial charge in [0.15, 0.2) is 0 Å². The Bertz CT molecular complexity index is 87.5. The number of ketones is 1. The topological polar surface area (TPSA) is 54.4 Å². The van der Waals surface area contributed by atoms with E-state index in [2.05, 4.69) is 0 Å². The summed E-state index contributed by atoms with van der Waals surface area (Å²) in [7, 11) is 0. The number of carboxylic acids is 1. The van der Waals surface area contributed by atoms with Crippen LogP contribution in [0.25, 0.3) is 0 Å². The van der Waals surface area contributed by atoms with Gasteiger partial charge in [0.25, 0.3) is 0 Å². The number of Topliss-reactive ketones (excluding diaryl/α,β-unsaturated/α-hetero) is 1. The van der Waals surface area contributed by atoms with Crippen molar-refractivity contribution in [3.05, 3.63) is 0 Å². The maximum Gasteiger partial charge on any atom is 0.310 e. The molecular formula is C4H7ClO3. The largest absolute Gasteiger partial charge is 0.481 e. The molecule has 0 rings (SSSR count). The zero-order chi connectivity index (χ0) is 5.86. The van der Waals surface area contributed by atoms with Gasteiger partial charge in [-0.05, 0) is 6.92 Å². The molecule has 0 aliphatic rings. The van der Waals surface area contributed by atoms with E-state index in [1.54, 1.807) is 0 Å². The number of hydrogen-bond acceptors (Lipinski definition) is 2. The molecule has 4 heteroatoms. The van der Waals surface area contributed by atoms with Crippen LogP contribution in [0, 0.1) is 0 Å². The number of carbonyl (C=O) groups excluding carboxylic acids is 1. The first-order valence-electron chi connectivity index (χ1n) is 1.84. The Morgan fingerprint density at radius 1 is 1.50 bits per heavy atom. The van der Waals surface area contributed by atoms with Crippen LogP contribution in [-0.4, -0.2) is 16.9 Å². The van der Waals surface area contributed by atoms with Gasteiger partial charge in [-0.3, -0.25) is 9.59 Å². The summed E-state index contributed by atoms with van der Waals surface area (Å²) in [4.78, 5) is 19.5. The normalized spacial score (nSPS) is 7.12. The number of rotatable bonds is 2. The van der Waals surface area contributed by atoms with Gasteiger partial charge in [-0.1, -0.05) is 0 Å². The number of carboxylic acid groups (broad SMARTS) is 1. The fourth-order valence-corrected chi connectivity index (χ4v) is 0.213. The third kappa shape index (κ3) is 9.06. The van der Waals surface area contributed by atoms with E-state index < -0.39 is 5.97 Å². The third-order valence-electron chi connectivity index (χ3n) is 0.400. The average molecular weight is 139 g/mol. The zero-order valence-electron chi connectivity index (χ0n) is 4.38. The third-order valence-corrected chi connectivity index (χ3v) is 0.400. The second kappa shape index (κ2) is 4.59. The van der Waals surface area contributed by atoms with Crippen LogP contribution in [0.3, 0.4) is 0 Å². The predicted octanol–water partition coefficient (Wildman–Crippen LogP) is 0.472. The van der Waals surface area contributed by atoms with Crippen molar-refractivity contribution in [1.29, 1.82) is 0 Å². The van der Waals surface area contributed by atoms with E-state index in [1.165, 1.54) is 6.92 Å². The first-order valence-corrected chi connectivity index (χ1v) is 1.84. The molecule has 48 valence electrons. The molecule has 0 aliphatic carbocycles. The van der Waals surface area contributed by atoms with Crippen molar-refractivity contribution < 1.29 is 14.7 Å². The van der Waals surface area contributed by atoms with Crippen molar-refractivity contribution in [3.63, 3.8) is 0 Å². The Hall–Kier alpha value is -0.570. The molecule has 0 bridgehead atoms. The van der Waals surface area contributed by atoms with Crippen molar-refractivity contribution in [2.24, 2.45) is 0 Å². The highest BCUT2D eigenvalue weighted by molar-refractivity contribution is 5.93. The van der Waals surface area contributed by atoms with Crippen LogP contribution >= 0.6 is 12.4 Å². The van der Waals surface area contributed by atoms with Crippen LogP contribution in [-0.2, 0) is 9.59 Å². The number of carbonyl (C=O) groups is 2. The Morgan fingerprint density at radius 2 is 1.88 bits per heavy atom. The SMILES string of the molecule is CC(=O)CC(=O)O.Cl. The van der Waals surface area contributed by atoms with Gasteiger partial charge in [0.1, 0.15) is 12.2 Å². The lowest BCUT2D eigenvalue weighted by Crippen LogP contribution is -2.00. The van der Waals surface area contributed by atoms with E-state index in [1.807, 2.05) is 0 Å².